The summed E-state index contributed by atoms with van der Waals surface area (Å²) < 4.78 is 52.3. The minimum atomic E-state index is -3.60. The molecule has 1 aliphatic rings. The van der Waals surface area contributed by atoms with Crippen molar-refractivity contribution in [2.45, 2.75) is 28.5 Å². The maximum absolute atomic E-state index is 12.6. The lowest BCUT2D eigenvalue weighted by Gasteiger charge is -2.30. The van der Waals surface area contributed by atoms with Crippen LogP contribution in [0.25, 0.3) is 0 Å². The molecule has 0 saturated carbocycles. The Bertz CT molecular complexity index is 1090. The number of sulfonamides is 2. The number of hydrogen-bond acceptors (Lipinski definition) is 7. The molecule has 0 spiro atoms. The van der Waals surface area contributed by atoms with E-state index in [1.165, 1.54) is 42.9 Å². The molecule has 1 fully saturated rings. The molecule has 0 unspecified atom stereocenters. The Balaban J connectivity index is 1.53. The zero-order valence-electron chi connectivity index (χ0n) is 16.7. The molecule has 0 aromatic carbocycles. The predicted molar refractivity (Wildman–Crippen MR) is 113 cm³/mol. The van der Waals surface area contributed by atoms with Crippen molar-refractivity contribution in [3.63, 3.8) is 0 Å². The maximum Gasteiger partial charge on any atom is 0.252 e. The summed E-state index contributed by atoms with van der Waals surface area (Å²) in [5.74, 6) is -0.436. The lowest BCUT2D eigenvalue weighted by atomic mass is 9.97. The fourth-order valence-corrected chi connectivity index (χ4v) is 7.00. The topological polar surface area (TPSA) is 117 Å². The summed E-state index contributed by atoms with van der Waals surface area (Å²) >= 11 is 1.12. The van der Waals surface area contributed by atoms with Crippen LogP contribution in [0, 0.1) is 5.92 Å². The van der Waals surface area contributed by atoms with Gasteiger partial charge in [0.1, 0.15) is 9.10 Å². The van der Waals surface area contributed by atoms with Gasteiger partial charge < -0.3 is 5.32 Å². The van der Waals surface area contributed by atoms with E-state index in [-0.39, 0.29) is 40.6 Å². The third-order valence-corrected chi connectivity index (χ3v) is 10.2. The molecule has 1 N–H and O–H groups in total. The van der Waals surface area contributed by atoms with Gasteiger partial charge in [0.15, 0.2) is 0 Å². The SMILES string of the molecule is CN(C)S(=O)(=O)c1ccc(CNC(=O)C2CCN(S(=O)(=O)c3cccnc3)CC2)s1. The van der Waals surface area contributed by atoms with Crippen molar-refractivity contribution in [2.75, 3.05) is 27.2 Å². The van der Waals surface area contributed by atoms with Gasteiger partial charge >= 0.3 is 0 Å². The Labute approximate surface area is 180 Å². The van der Waals surface area contributed by atoms with E-state index in [1.807, 2.05) is 0 Å². The van der Waals surface area contributed by atoms with Crippen LogP contribution in [0.3, 0.4) is 0 Å². The fourth-order valence-electron chi connectivity index (χ4n) is 3.10. The van der Waals surface area contributed by atoms with Crippen molar-refractivity contribution >= 4 is 37.3 Å². The van der Waals surface area contributed by atoms with Gasteiger partial charge in [-0.25, -0.2) is 21.1 Å². The van der Waals surface area contributed by atoms with Crippen LogP contribution < -0.4 is 5.32 Å². The minimum Gasteiger partial charge on any atom is -0.351 e. The van der Waals surface area contributed by atoms with Gasteiger partial charge in [0.2, 0.25) is 15.9 Å². The van der Waals surface area contributed by atoms with Crippen LogP contribution in [0.15, 0.2) is 45.8 Å². The van der Waals surface area contributed by atoms with Crippen LogP contribution in [-0.4, -0.2) is 63.5 Å². The first-order chi connectivity index (χ1) is 14.1. The van der Waals surface area contributed by atoms with Crippen LogP contribution in [0.4, 0.5) is 0 Å². The van der Waals surface area contributed by atoms with Crippen molar-refractivity contribution in [3.05, 3.63) is 41.5 Å². The lowest BCUT2D eigenvalue weighted by molar-refractivity contribution is -0.126. The highest BCUT2D eigenvalue weighted by Gasteiger charge is 2.32. The molecule has 2 aromatic heterocycles. The molecule has 9 nitrogen and oxygen atoms in total. The Morgan fingerprint density at radius 2 is 1.90 bits per heavy atom. The van der Waals surface area contributed by atoms with Crippen molar-refractivity contribution in [1.29, 1.82) is 0 Å². The average molecular weight is 473 g/mol. The van der Waals surface area contributed by atoms with E-state index in [0.29, 0.717) is 12.8 Å². The molecule has 0 aliphatic carbocycles. The van der Waals surface area contributed by atoms with E-state index in [4.69, 9.17) is 0 Å². The second kappa shape index (κ2) is 9.10. The van der Waals surface area contributed by atoms with Gasteiger partial charge in [0.05, 0.1) is 6.54 Å². The molecule has 1 aliphatic heterocycles. The van der Waals surface area contributed by atoms with Crippen molar-refractivity contribution in [3.8, 4) is 0 Å². The fraction of sp³-hybridized carbons (Fsp3) is 0.444. The summed E-state index contributed by atoms with van der Waals surface area (Å²) in [6, 6.07) is 6.30. The monoisotopic (exact) mass is 472 g/mol. The predicted octanol–water partition coefficient (Wildman–Crippen LogP) is 1.11. The van der Waals surface area contributed by atoms with Gasteiger partial charge in [-0.15, -0.1) is 11.3 Å². The van der Waals surface area contributed by atoms with Crippen LogP contribution in [0.2, 0.25) is 0 Å². The molecule has 3 heterocycles. The molecule has 0 bridgehead atoms. The number of pyridine rings is 1. The first-order valence-corrected chi connectivity index (χ1v) is 13.0. The third-order valence-electron chi connectivity index (χ3n) is 4.91. The van der Waals surface area contributed by atoms with Crippen molar-refractivity contribution < 1.29 is 21.6 Å². The Morgan fingerprint density at radius 1 is 1.20 bits per heavy atom. The van der Waals surface area contributed by atoms with Crippen LogP contribution in [0.1, 0.15) is 17.7 Å². The van der Waals surface area contributed by atoms with E-state index in [2.05, 4.69) is 10.3 Å². The highest BCUT2D eigenvalue weighted by atomic mass is 32.2. The highest BCUT2D eigenvalue weighted by Crippen LogP contribution is 2.25. The first kappa shape index (κ1) is 22.8. The van der Waals surface area contributed by atoms with E-state index in [1.54, 1.807) is 12.1 Å². The molecular weight excluding hydrogens is 448 g/mol. The zero-order valence-corrected chi connectivity index (χ0v) is 19.1. The number of rotatable bonds is 7. The summed E-state index contributed by atoms with van der Waals surface area (Å²) in [4.78, 5) is 17.2. The van der Waals surface area contributed by atoms with Gasteiger partial charge in [-0.2, -0.15) is 4.31 Å². The normalized spacial score (nSPS) is 16.6. The molecule has 0 atom stereocenters. The molecule has 30 heavy (non-hydrogen) atoms. The average Bonchev–Trinajstić information content (AvgIpc) is 3.22. The number of nitrogens with zero attached hydrogens (tertiary/aromatic N) is 3. The Hall–Kier alpha value is -1.86. The summed E-state index contributed by atoms with van der Waals surface area (Å²) in [5.41, 5.74) is 0. The highest BCUT2D eigenvalue weighted by molar-refractivity contribution is 7.91. The van der Waals surface area contributed by atoms with Crippen LogP contribution in [-0.2, 0) is 31.4 Å². The summed E-state index contributed by atoms with van der Waals surface area (Å²) in [6.07, 6.45) is 3.69. The van der Waals surface area contributed by atoms with Gasteiger partial charge in [0.25, 0.3) is 10.0 Å². The van der Waals surface area contributed by atoms with E-state index < -0.39 is 20.0 Å². The molecular formula is C18H24N4O5S3. The largest absolute Gasteiger partial charge is 0.351 e. The second-order valence-corrected chi connectivity index (χ2v) is 12.6. The van der Waals surface area contributed by atoms with Gasteiger partial charge in [-0.3, -0.25) is 9.78 Å². The van der Waals surface area contributed by atoms with Gasteiger partial charge in [-0.1, -0.05) is 0 Å². The van der Waals surface area contributed by atoms with Gasteiger partial charge in [-0.05, 0) is 37.1 Å². The quantitative estimate of drug-likeness (QED) is 0.645. The smallest absolute Gasteiger partial charge is 0.252 e. The number of aromatic nitrogens is 1. The molecule has 164 valence electrons. The number of nitrogens with one attached hydrogen (secondary N) is 1. The van der Waals surface area contributed by atoms with Crippen LogP contribution >= 0.6 is 11.3 Å². The maximum atomic E-state index is 12.6. The number of thiophene rings is 1. The minimum absolute atomic E-state index is 0.147. The summed E-state index contributed by atoms with van der Waals surface area (Å²) in [6.45, 7) is 0.764. The second-order valence-electron chi connectivity index (χ2n) is 7.09. The Morgan fingerprint density at radius 3 is 2.50 bits per heavy atom. The number of carbonyl (C=O) groups excluding carboxylic acids is 1. The van der Waals surface area contributed by atoms with Gasteiger partial charge in [0, 0.05) is 50.4 Å². The molecule has 0 radical (unpaired) electrons. The molecule has 12 heteroatoms. The summed E-state index contributed by atoms with van der Waals surface area (Å²) in [7, 11) is -4.15. The first-order valence-electron chi connectivity index (χ1n) is 9.31. The lowest BCUT2D eigenvalue weighted by Crippen LogP contribution is -2.42. The standard InChI is InChI=1S/C18H24N4O5S3/c1-21(2)30(26,27)17-6-5-15(28-17)12-20-18(23)14-7-10-22(11-8-14)29(24,25)16-4-3-9-19-13-16/h3-6,9,13-14H,7-8,10-12H2,1-2H3,(H,20,23). The Kier molecular flexibility index (Phi) is 6.92. The molecule has 3 rings (SSSR count). The zero-order chi connectivity index (χ0) is 21.9. The number of amides is 1. The van der Waals surface area contributed by atoms with Crippen molar-refractivity contribution in [2.24, 2.45) is 5.92 Å². The summed E-state index contributed by atoms with van der Waals surface area (Å²) in [5, 5.41) is 2.83. The third kappa shape index (κ3) is 4.89. The number of carbonyl (C=O) groups is 1. The van der Waals surface area contributed by atoms with E-state index in [9.17, 15) is 21.6 Å². The van der Waals surface area contributed by atoms with E-state index >= 15 is 0 Å². The molecule has 1 amide bonds. The number of piperidine rings is 1. The molecule has 1 saturated heterocycles. The van der Waals surface area contributed by atoms with Crippen molar-refractivity contribution in [1.82, 2.24) is 18.9 Å². The van der Waals surface area contributed by atoms with Crippen LogP contribution in [0.5, 0.6) is 0 Å². The van der Waals surface area contributed by atoms with E-state index in [0.717, 1.165) is 20.5 Å². The molecule has 2 aromatic rings. The number of hydrogen-bond donors (Lipinski definition) is 1.